The fourth-order valence-electron chi connectivity index (χ4n) is 2.90. The molecule has 8 nitrogen and oxygen atoms in total. The molecule has 0 aliphatic carbocycles. The Kier molecular flexibility index (Phi) is 6.47. The second-order valence-corrected chi connectivity index (χ2v) is 8.09. The largest absolute Gasteiger partial charge is 0.478 e. The van der Waals surface area contributed by atoms with Crippen LogP contribution in [0.4, 0.5) is 11.4 Å². The Balaban J connectivity index is 2.26. The van der Waals surface area contributed by atoms with Crippen LogP contribution in [0.2, 0.25) is 0 Å². The van der Waals surface area contributed by atoms with E-state index < -0.39 is 16.0 Å². The van der Waals surface area contributed by atoms with Crippen LogP contribution < -0.4 is 9.62 Å². The van der Waals surface area contributed by atoms with Gasteiger partial charge in [0.25, 0.3) is 0 Å². The summed E-state index contributed by atoms with van der Waals surface area (Å²) in [7, 11) is -3.58. The molecule has 0 unspecified atom stereocenters. The number of hydrogen-bond donors (Lipinski definition) is 2. The topological polar surface area (TPSA) is 113 Å². The SMILES string of the molecule is CCOC(=O)[C@@H]1CCCN(c2ccc(NS(=O)(=O)CC)c(C(=O)O)c2)C1. The molecule has 26 heavy (non-hydrogen) atoms. The maximum Gasteiger partial charge on any atom is 0.337 e. The van der Waals surface area contributed by atoms with E-state index in [1.807, 2.05) is 4.90 Å². The highest BCUT2D eigenvalue weighted by molar-refractivity contribution is 7.92. The molecule has 9 heteroatoms. The summed E-state index contributed by atoms with van der Waals surface area (Å²) in [5, 5.41) is 9.44. The third-order valence-corrected chi connectivity index (χ3v) is 5.58. The second kappa shape index (κ2) is 8.39. The standard InChI is InChI=1S/C17H24N2O6S/c1-3-25-17(22)12-6-5-9-19(11-12)13-7-8-15(14(10-13)16(20)21)18-26(23,24)4-2/h7-8,10,12,18H,3-6,9,11H2,1-2H3,(H,20,21)/t12-/m1/s1. The predicted molar refractivity (Wildman–Crippen MR) is 98.1 cm³/mol. The molecule has 0 amide bonds. The van der Waals surface area contributed by atoms with Gasteiger partial charge in [-0.1, -0.05) is 0 Å². The zero-order chi connectivity index (χ0) is 19.3. The molecule has 1 aliphatic heterocycles. The lowest BCUT2D eigenvalue weighted by molar-refractivity contribution is -0.148. The normalized spacial score (nSPS) is 17.6. The first kappa shape index (κ1) is 20.0. The maximum absolute atomic E-state index is 12.0. The average Bonchev–Trinajstić information content (AvgIpc) is 2.62. The maximum atomic E-state index is 12.0. The van der Waals surface area contributed by atoms with Gasteiger partial charge in [0, 0.05) is 18.8 Å². The summed E-state index contributed by atoms with van der Waals surface area (Å²) in [6.45, 7) is 4.69. The van der Waals surface area contributed by atoms with Crippen molar-refractivity contribution in [2.75, 3.05) is 35.1 Å². The first-order valence-electron chi connectivity index (χ1n) is 8.56. The van der Waals surface area contributed by atoms with E-state index in [2.05, 4.69) is 4.72 Å². The van der Waals surface area contributed by atoms with Crippen LogP contribution in [0.3, 0.4) is 0 Å². The fourth-order valence-corrected chi connectivity index (χ4v) is 3.56. The Morgan fingerprint density at radius 1 is 1.35 bits per heavy atom. The number of anilines is 2. The van der Waals surface area contributed by atoms with Crippen molar-refractivity contribution in [2.24, 2.45) is 5.92 Å². The molecule has 1 aliphatic rings. The van der Waals surface area contributed by atoms with E-state index in [9.17, 15) is 23.1 Å². The van der Waals surface area contributed by atoms with Gasteiger partial charge in [-0.3, -0.25) is 9.52 Å². The number of piperidine rings is 1. The van der Waals surface area contributed by atoms with Crippen LogP contribution >= 0.6 is 0 Å². The van der Waals surface area contributed by atoms with Gasteiger partial charge in [-0.05, 0) is 44.9 Å². The van der Waals surface area contributed by atoms with Crippen LogP contribution in [0.1, 0.15) is 37.0 Å². The predicted octanol–water partition coefficient (Wildman–Crippen LogP) is 1.93. The number of carboxylic acid groups (broad SMARTS) is 1. The summed E-state index contributed by atoms with van der Waals surface area (Å²) in [5.41, 5.74) is 0.538. The summed E-state index contributed by atoms with van der Waals surface area (Å²) in [5.74, 6) is -1.88. The van der Waals surface area contributed by atoms with E-state index in [1.54, 1.807) is 13.0 Å². The number of hydrogen-bond acceptors (Lipinski definition) is 6. The highest BCUT2D eigenvalue weighted by Gasteiger charge is 2.27. The van der Waals surface area contributed by atoms with Gasteiger partial charge >= 0.3 is 11.9 Å². The van der Waals surface area contributed by atoms with Gasteiger partial charge in [-0.15, -0.1) is 0 Å². The minimum Gasteiger partial charge on any atom is -0.478 e. The highest BCUT2D eigenvalue weighted by Crippen LogP contribution is 2.28. The number of carbonyl (C=O) groups excluding carboxylic acids is 1. The summed E-state index contributed by atoms with van der Waals surface area (Å²) < 4.78 is 30.9. The van der Waals surface area contributed by atoms with Gasteiger partial charge in [0.1, 0.15) is 0 Å². The molecule has 1 fully saturated rings. The number of aromatic carboxylic acids is 1. The molecular formula is C17H24N2O6S. The zero-order valence-electron chi connectivity index (χ0n) is 14.9. The van der Waals surface area contributed by atoms with E-state index in [-0.39, 0.29) is 28.9 Å². The molecule has 2 rings (SSSR count). The minimum atomic E-state index is -3.58. The van der Waals surface area contributed by atoms with E-state index in [1.165, 1.54) is 19.1 Å². The molecule has 1 aromatic rings. The van der Waals surface area contributed by atoms with Crippen molar-refractivity contribution in [1.29, 1.82) is 0 Å². The van der Waals surface area contributed by atoms with Crippen molar-refractivity contribution in [3.63, 3.8) is 0 Å². The molecule has 144 valence electrons. The number of esters is 1. The Morgan fingerprint density at radius 3 is 2.69 bits per heavy atom. The van der Waals surface area contributed by atoms with Crippen LogP contribution in [0.5, 0.6) is 0 Å². The first-order valence-corrected chi connectivity index (χ1v) is 10.2. The third kappa shape index (κ3) is 4.87. The molecule has 1 saturated heterocycles. The molecule has 1 atom stereocenters. The number of sulfonamides is 1. The lowest BCUT2D eigenvalue weighted by Crippen LogP contribution is -2.39. The Morgan fingerprint density at radius 2 is 2.08 bits per heavy atom. The van der Waals surface area contributed by atoms with Crippen LogP contribution in [0, 0.1) is 5.92 Å². The third-order valence-electron chi connectivity index (χ3n) is 4.29. The van der Waals surface area contributed by atoms with Gasteiger partial charge in [-0.25, -0.2) is 13.2 Å². The molecule has 0 saturated carbocycles. The molecule has 0 aromatic heterocycles. The van der Waals surface area contributed by atoms with Crippen molar-refractivity contribution < 1.29 is 27.9 Å². The van der Waals surface area contributed by atoms with Gasteiger partial charge in [0.05, 0.1) is 29.5 Å². The van der Waals surface area contributed by atoms with Crippen LogP contribution in [0.15, 0.2) is 18.2 Å². The molecule has 0 spiro atoms. The van der Waals surface area contributed by atoms with Gasteiger partial charge in [0.15, 0.2) is 0 Å². The lowest BCUT2D eigenvalue weighted by Gasteiger charge is -2.33. The van der Waals surface area contributed by atoms with Crippen molar-refractivity contribution in [3.05, 3.63) is 23.8 Å². The Hall–Kier alpha value is -2.29. The summed E-state index contributed by atoms with van der Waals surface area (Å²) in [6.07, 6.45) is 1.52. The van der Waals surface area contributed by atoms with Gasteiger partial charge < -0.3 is 14.7 Å². The molecular weight excluding hydrogens is 360 g/mol. The van der Waals surface area contributed by atoms with E-state index in [4.69, 9.17) is 4.74 Å². The molecule has 1 heterocycles. The number of carbonyl (C=O) groups is 2. The van der Waals surface area contributed by atoms with E-state index in [0.717, 1.165) is 12.8 Å². The van der Waals surface area contributed by atoms with Crippen molar-refractivity contribution in [2.45, 2.75) is 26.7 Å². The first-order chi connectivity index (χ1) is 12.3. The molecule has 0 bridgehead atoms. The number of rotatable bonds is 7. The number of ether oxygens (including phenoxy) is 1. The molecule has 2 N–H and O–H groups in total. The quantitative estimate of drug-likeness (QED) is 0.691. The monoisotopic (exact) mass is 384 g/mol. The lowest BCUT2D eigenvalue weighted by atomic mass is 9.97. The summed E-state index contributed by atoms with van der Waals surface area (Å²) in [4.78, 5) is 25.5. The van der Waals surface area contributed by atoms with Crippen molar-refractivity contribution in [1.82, 2.24) is 0 Å². The number of nitrogens with one attached hydrogen (secondary N) is 1. The highest BCUT2D eigenvalue weighted by atomic mass is 32.2. The molecule has 0 radical (unpaired) electrons. The second-order valence-electron chi connectivity index (χ2n) is 6.08. The van der Waals surface area contributed by atoms with Crippen LogP contribution in [0.25, 0.3) is 0 Å². The number of benzene rings is 1. The smallest absolute Gasteiger partial charge is 0.337 e. The number of carboxylic acids is 1. The average molecular weight is 384 g/mol. The van der Waals surface area contributed by atoms with E-state index in [0.29, 0.717) is 25.4 Å². The van der Waals surface area contributed by atoms with Crippen LogP contribution in [-0.2, 0) is 19.6 Å². The fraction of sp³-hybridized carbons (Fsp3) is 0.529. The molecule has 1 aromatic carbocycles. The van der Waals surface area contributed by atoms with Crippen molar-refractivity contribution >= 4 is 33.3 Å². The summed E-state index contributed by atoms with van der Waals surface area (Å²) in [6, 6.07) is 4.54. The number of nitrogens with zero attached hydrogens (tertiary/aromatic N) is 1. The van der Waals surface area contributed by atoms with Gasteiger partial charge in [-0.2, -0.15) is 0 Å². The van der Waals surface area contributed by atoms with E-state index >= 15 is 0 Å². The van der Waals surface area contributed by atoms with Gasteiger partial charge in [0.2, 0.25) is 10.0 Å². The minimum absolute atomic E-state index is 0.0297. The van der Waals surface area contributed by atoms with Crippen molar-refractivity contribution in [3.8, 4) is 0 Å². The Labute approximate surface area is 153 Å². The van der Waals surface area contributed by atoms with Crippen LogP contribution in [-0.4, -0.2) is 50.9 Å². The zero-order valence-corrected chi connectivity index (χ0v) is 15.7. The Bertz CT molecular complexity index is 777. The summed E-state index contributed by atoms with van der Waals surface area (Å²) >= 11 is 0.